The summed E-state index contributed by atoms with van der Waals surface area (Å²) in [5, 5.41) is 9.26. The van der Waals surface area contributed by atoms with Crippen molar-refractivity contribution in [1.29, 1.82) is 0 Å². The third kappa shape index (κ3) is 24.2. The van der Waals surface area contributed by atoms with E-state index < -0.39 is 33.1 Å². The number of hydrogen-bond donors (Lipinski definition) is 3. The number of aliphatic hydroxyl groups is 1. The molecule has 0 aromatic heterocycles. The molecule has 0 aliphatic rings. The first-order valence-corrected chi connectivity index (χ1v) is 14.7. The molecule has 2 unspecified atom stereocenters. The summed E-state index contributed by atoms with van der Waals surface area (Å²) in [5.74, 6) is -0.528. The highest BCUT2D eigenvalue weighted by atomic mass is 31.2. The predicted octanol–water partition coefficient (Wildman–Crippen LogP) is 5.91. The second kappa shape index (κ2) is 25.1. The molecule has 0 bridgehead atoms. The topological polar surface area (TPSA) is 128 Å². The van der Waals surface area contributed by atoms with Crippen molar-refractivity contribution < 1.29 is 33.1 Å². The van der Waals surface area contributed by atoms with Gasteiger partial charge in [-0.2, -0.15) is 0 Å². The number of rotatable bonds is 24. The lowest BCUT2D eigenvalue weighted by atomic mass is 10.1. The molecule has 0 aromatic carbocycles. The largest absolute Gasteiger partial charge is 0.472 e. The van der Waals surface area contributed by atoms with Crippen LogP contribution >= 0.6 is 7.82 Å². The summed E-state index contributed by atoms with van der Waals surface area (Å²) in [6, 6.07) is 0. The number of hydrogen-bond acceptors (Lipinski definition) is 7. The molecular formula is C27H48NO7P. The van der Waals surface area contributed by atoms with E-state index in [1.165, 1.54) is 44.9 Å². The number of ether oxygens (including phenoxy) is 1. The maximum atomic E-state index is 11.9. The molecule has 0 saturated heterocycles. The van der Waals surface area contributed by atoms with Crippen LogP contribution in [0.1, 0.15) is 84.0 Å². The summed E-state index contributed by atoms with van der Waals surface area (Å²) >= 11 is 0. The summed E-state index contributed by atoms with van der Waals surface area (Å²) in [5.41, 5.74) is 5.19. The van der Waals surface area contributed by atoms with Crippen LogP contribution in [0.4, 0.5) is 0 Å². The maximum absolute atomic E-state index is 11.9. The Kier molecular flexibility index (Phi) is 24.0. The summed E-state index contributed by atoms with van der Waals surface area (Å²) in [4.78, 5) is 21.3. The van der Waals surface area contributed by atoms with Crippen LogP contribution in [-0.2, 0) is 23.1 Å². The van der Waals surface area contributed by atoms with Gasteiger partial charge in [-0.25, -0.2) is 4.57 Å². The molecule has 0 aromatic rings. The summed E-state index contributed by atoms with van der Waals surface area (Å²) < 4.78 is 25.9. The fourth-order valence-electron chi connectivity index (χ4n) is 3.04. The average molecular weight is 530 g/mol. The molecule has 208 valence electrons. The van der Waals surface area contributed by atoms with E-state index in [9.17, 15) is 19.4 Å². The first-order chi connectivity index (χ1) is 17.4. The van der Waals surface area contributed by atoms with E-state index in [1.807, 2.05) is 12.2 Å². The lowest BCUT2D eigenvalue weighted by Crippen LogP contribution is -2.27. The quantitative estimate of drug-likeness (QED) is 0.0609. The normalized spacial score (nSPS) is 14.9. The monoisotopic (exact) mass is 529 g/mol. The number of carbonyl (C=O) groups excluding carboxylic acids is 1. The van der Waals surface area contributed by atoms with Gasteiger partial charge in [0.2, 0.25) is 0 Å². The number of phosphoric ester groups is 1. The fourth-order valence-corrected chi connectivity index (χ4v) is 3.81. The first kappa shape index (κ1) is 34.5. The van der Waals surface area contributed by atoms with Gasteiger partial charge < -0.3 is 20.5 Å². The minimum atomic E-state index is -4.28. The van der Waals surface area contributed by atoms with Crippen LogP contribution in [0, 0.1) is 0 Å². The molecule has 0 fully saturated rings. The van der Waals surface area contributed by atoms with Crippen LogP contribution in [0.3, 0.4) is 0 Å². The molecule has 0 saturated carbocycles. The molecule has 36 heavy (non-hydrogen) atoms. The second-order valence-corrected chi connectivity index (χ2v) is 9.82. The number of allylic oxidation sites excluding steroid dienone is 8. The van der Waals surface area contributed by atoms with Gasteiger partial charge in [0.25, 0.3) is 0 Å². The van der Waals surface area contributed by atoms with E-state index in [0.717, 1.165) is 19.3 Å². The molecule has 0 radical (unpaired) electrons. The van der Waals surface area contributed by atoms with Crippen molar-refractivity contribution in [3.05, 3.63) is 48.6 Å². The van der Waals surface area contributed by atoms with Crippen LogP contribution in [0.25, 0.3) is 0 Å². The van der Waals surface area contributed by atoms with Gasteiger partial charge in [-0.3, -0.25) is 13.8 Å². The third-order valence-corrected chi connectivity index (χ3v) is 6.00. The van der Waals surface area contributed by atoms with E-state index in [-0.39, 0.29) is 19.6 Å². The highest BCUT2D eigenvalue weighted by Crippen LogP contribution is 2.42. The van der Waals surface area contributed by atoms with Crippen molar-refractivity contribution in [2.24, 2.45) is 5.73 Å². The van der Waals surface area contributed by atoms with E-state index in [0.29, 0.717) is 6.42 Å². The zero-order chi connectivity index (χ0) is 26.7. The molecule has 0 amide bonds. The fraction of sp³-hybridized carbons (Fsp3) is 0.667. The lowest BCUT2D eigenvalue weighted by molar-refractivity contribution is -0.153. The first-order valence-electron chi connectivity index (χ1n) is 13.2. The third-order valence-electron chi connectivity index (χ3n) is 5.02. The number of aliphatic hydroxyl groups excluding tert-OH is 1. The van der Waals surface area contributed by atoms with E-state index in [4.69, 9.17) is 15.0 Å². The standard InChI is InChI=1S/C27H48NO7P/c1-2-3-4-5-6-7-8-9-10-11-12-13-14-15-16-17-18-19-20-21-27(30)35-26(24-29)25-34-36(31,32)33-23-22-28/h9-10,12-13,15-16,18-19,26,29H,2-8,11,14,17,20-25,28H2,1H3,(H,31,32)/b10-9-,13-12-,16-15-,19-18-. The molecular weight excluding hydrogens is 481 g/mol. The van der Waals surface area contributed by atoms with Crippen LogP contribution in [0.2, 0.25) is 0 Å². The zero-order valence-electron chi connectivity index (χ0n) is 22.0. The minimum Gasteiger partial charge on any atom is -0.457 e. The van der Waals surface area contributed by atoms with Crippen molar-refractivity contribution in [2.45, 2.75) is 90.1 Å². The molecule has 9 heteroatoms. The van der Waals surface area contributed by atoms with Gasteiger partial charge in [0, 0.05) is 13.0 Å². The van der Waals surface area contributed by atoms with Gasteiger partial charge in [0.05, 0.1) is 19.8 Å². The lowest BCUT2D eigenvalue weighted by Gasteiger charge is -2.17. The maximum Gasteiger partial charge on any atom is 0.472 e. The second-order valence-electron chi connectivity index (χ2n) is 8.37. The van der Waals surface area contributed by atoms with Crippen molar-refractivity contribution in [3.8, 4) is 0 Å². The van der Waals surface area contributed by atoms with Crippen molar-refractivity contribution in [3.63, 3.8) is 0 Å². The van der Waals surface area contributed by atoms with Gasteiger partial charge in [0.15, 0.2) is 0 Å². The van der Waals surface area contributed by atoms with Crippen molar-refractivity contribution in [1.82, 2.24) is 0 Å². The average Bonchev–Trinajstić information content (AvgIpc) is 2.86. The van der Waals surface area contributed by atoms with Gasteiger partial charge in [-0.15, -0.1) is 0 Å². The molecule has 8 nitrogen and oxygen atoms in total. The number of esters is 1. The molecule has 0 spiro atoms. The Bertz CT molecular complexity index is 692. The highest BCUT2D eigenvalue weighted by Gasteiger charge is 2.24. The summed E-state index contributed by atoms with van der Waals surface area (Å²) in [6.45, 7) is 1.17. The molecule has 0 aliphatic carbocycles. The van der Waals surface area contributed by atoms with Crippen LogP contribution in [0.15, 0.2) is 48.6 Å². The molecule has 0 heterocycles. The Balaban J connectivity index is 3.80. The number of unbranched alkanes of at least 4 members (excludes halogenated alkanes) is 6. The van der Waals surface area contributed by atoms with Crippen LogP contribution < -0.4 is 5.73 Å². The van der Waals surface area contributed by atoms with E-state index in [1.54, 1.807) is 0 Å². The minimum absolute atomic E-state index is 0.0595. The smallest absolute Gasteiger partial charge is 0.457 e. The van der Waals surface area contributed by atoms with Gasteiger partial charge in [-0.05, 0) is 38.5 Å². The zero-order valence-corrected chi connectivity index (χ0v) is 22.9. The molecule has 0 aliphatic heterocycles. The molecule has 2 atom stereocenters. The van der Waals surface area contributed by atoms with Crippen LogP contribution in [-0.4, -0.2) is 48.4 Å². The van der Waals surface area contributed by atoms with E-state index in [2.05, 4.69) is 47.9 Å². The SMILES string of the molecule is CCCCCCCC/C=C\C/C=C\C/C=C\C/C=C\CCC(=O)OC(CO)COP(=O)(O)OCCN. The molecule has 4 N–H and O–H groups in total. The van der Waals surface area contributed by atoms with Crippen molar-refractivity contribution >= 4 is 13.8 Å². The van der Waals surface area contributed by atoms with Gasteiger partial charge in [-0.1, -0.05) is 87.6 Å². The Labute approximate surface area is 217 Å². The van der Waals surface area contributed by atoms with Gasteiger partial charge >= 0.3 is 13.8 Å². The Morgan fingerprint density at radius 1 is 0.861 bits per heavy atom. The summed E-state index contributed by atoms with van der Waals surface area (Å²) in [7, 11) is -4.28. The number of phosphoric acid groups is 1. The predicted molar refractivity (Wildman–Crippen MR) is 145 cm³/mol. The Morgan fingerprint density at radius 3 is 2.00 bits per heavy atom. The number of nitrogens with two attached hydrogens (primary N) is 1. The highest BCUT2D eigenvalue weighted by molar-refractivity contribution is 7.47. The van der Waals surface area contributed by atoms with Crippen molar-refractivity contribution in [2.75, 3.05) is 26.4 Å². The van der Waals surface area contributed by atoms with Crippen LogP contribution in [0.5, 0.6) is 0 Å². The van der Waals surface area contributed by atoms with Gasteiger partial charge in [0.1, 0.15) is 6.10 Å². The number of carbonyl (C=O) groups is 1. The Hall–Kier alpha value is -1.54. The van der Waals surface area contributed by atoms with E-state index >= 15 is 0 Å². The summed E-state index contributed by atoms with van der Waals surface area (Å²) in [6.07, 6.45) is 28.3. The molecule has 0 rings (SSSR count). The Morgan fingerprint density at radius 2 is 1.42 bits per heavy atom.